The molecule has 0 unspecified atom stereocenters. The Morgan fingerprint density at radius 3 is 3.15 bits per heavy atom. The third-order valence-corrected chi connectivity index (χ3v) is 2.21. The molecule has 0 radical (unpaired) electrons. The van der Waals surface area contributed by atoms with Crippen molar-refractivity contribution in [1.29, 1.82) is 0 Å². The molecular formula is C9H12N2O2. The minimum absolute atomic E-state index is 0.189. The van der Waals surface area contributed by atoms with Gasteiger partial charge < -0.3 is 9.84 Å². The second-order valence-corrected chi connectivity index (χ2v) is 3.41. The van der Waals surface area contributed by atoms with Gasteiger partial charge in [0.2, 0.25) is 0 Å². The van der Waals surface area contributed by atoms with Gasteiger partial charge in [-0.15, -0.1) is 0 Å². The van der Waals surface area contributed by atoms with Crippen LogP contribution in [0.5, 0.6) is 0 Å². The predicted molar refractivity (Wildman–Crippen MR) is 46.3 cm³/mol. The largest absolute Gasteiger partial charge is 0.361 e. The Morgan fingerprint density at radius 1 is 1.77 bits per heavy atom. The van der Waals surface area contributed by atoms with Gasteiger partial charge in [0.1, 0.15) is 5.76 Å². The fourth-order valence-electron chi connectivity index (χ4n) is 1.25. The van der Waals surface area contributed by atoms with E-state index in [0.717, 1.165) is 18.1 Å². The SMILES string of the molecule is CNC(=O)c1cc(CC2CC2)on1. The molecule has 1 fully saturated rings. The maximum atomic E-state index is 11.1. The van der Waals surface area contributed by atoms with Gasteiger partial charge in [0.05, 0.1) is 0 Å². The van der Waals surface area contributed by atoms with Gasteiger partial charge in [-0.05, 0) is 18.8 Å². The molecule has 0 saturated heterocycles. The molecule has 4 nitrogen and oxygen atoms in total. The van der Waals surface area contributed by atoms with Crippen molar-refractivity contribution in [2.24, 2.45) is 5.92 Å². The summed E-state index contributed by atoms with van der Waals surface area (Å²) in [5.41, 5.74) is 0.373. The van der Waals surface area contributed by atoms with E-state index >= 15 is 0 Å². The van der Waals surface area contributed by atoms with Crippen LogP contribution in [-0.2, 0) is 6.42 Å². The summed E-state index contributed by atoms with van der Waals surface area (Å²) in [6.07, 6.45) is 3.47. The minimum atomic E-state index is -0.189. The van der Waals surface area contributed by atoms with Crippen molar-refractivity contribution in [2.75, 3.05) is 7.05 Å². The summed E-state index contributed by atoms with van der Waals surface area (Å²) in [6, 6.07) is 1.72. The number of carbonyl (C=O) groups excluding carboxylic acids is 1. The second-order valence-electron chi connectivity index (χ2n) is 3.41. The van der Waals surface area contributed by atoms with E-state index in [1.54, 1.807) is 13.1 Å². The molecule has 0 aliphatic heterocycles. The molecule has 2 rings (SSSR count). The molecule has 1 saturated carbocycles. The lowest BCUT2D eigenvalue weighted by molar-refractivity contribution is 0.0954. The van der Waals surface area contributed by atoms with Crippen LogP contribution in [0.15, 0.2) is 10.6 Å². The van der Waals surface area contributed by atoms with Gasteiger partial charge >= 0.3 is 0 Å². The molecule has 1 heterocycles. The topological polar surface area (TPSA) is 55.1 Å². The zero-order valence-corrected chi connectivity index (χ0v) is 7.54. The van der Waals surface area contributed by atoms with Gasteiger partial charge in [-0.1, -0.05) is 5.16 Å². The average molecular weight is 180 g/mol. The third kappa shape index (κ3) is 1.88. The lowest BCUT2D eigenvalue weighted by Crippen LogP contribution is -2.17. The highest BCUT2D eigenvalue weighted by Crippen LogP contribution is 2.32. The molecule has 1 aliphatic rings. The number of nitrogens with one attached hydrogen (secondary N) is 1. The maximum absolute atomic E-state index is 11.1. The minimum Gasteiger partial charge on any atom is -0.361 e. The average Bonchev–Trinajstić information content (AvgIpc) is 2.81. The Labute approximate surface area is 76.3 Å². The summed E-state index contributed by atoms with van der Waals surface area (Å²) in [7, 11) is 1.58. The van der Waals surface area contributed by atoms with E-state index < -0.39 is 0 Å². The van der Waals surface area contributed by atoms with Crippen LogP contribution in [0.2, 0.25) is 0 Å². The van der Waals surface area contributed by atoms with Crippen molar-refractivity contribution in [3.8, 4) is 0 Å². The van der Waals surface area contributed by atoms with Crippen LogP contribution in [0.3, 0.4) is 0 Å². The van der Waals surface area contributed by atoms with Crippen molar-refractivity contribution in [1.82, 2.24) is 10.5 Å². The van der Waals surface area contributed by atoms with Gasteiger partial charge in [0.15, 0.2) is 5.69 Å². The highest BCUT2D eigenvalue weighted by atomic mass is 16.5. The fourth-order valence-corrected chi connectivity index (χ4v) is 1.25. The zero-order valence-electron chi connectivity index (χ0n) is 7.54. The van der Waals surface area contributed by atoms with E-state index in [-0.39, 0.29) is 5.91 Å². The Balaban J connectivity index is 2.03. The first-order valence-corrected chi connectivity index (χ1v) is 4.47. The quantitative estimate of drug-likeness (QED) is 0.754. The molecule has 0 aromatic carbocycles. The van der Waals surface area contributed by atoms with Crippen LogP contribution in [0.25, 0.3) is 0 Å². The molecule has 1 N–H and O–H groups in total. The molecule has 1 aromatic heterocycles. The molecule has 4 heteroatoms. The van der Waals surface area contributed by atoms with Gasteiger partial charge in [0, 0.05) is 19.5 Å². The van der Waals surface area contributed by atoms with Gasteiger partial charge in [0.25, 0.3) is 5.91 Å². The molecule has 1 aliphatic carbocycles. The summed E-state index contributed by atoms with van der Waals surface area (Å²) in [6.45, 7) is 0. The number of carbonyl (C=O) groups is 1. The first-order chi connectivity index (χ1) is 6.29. The third-order valence-electron chi connectivity index (χ3n) is 2.21. The van der Waals surface area contributed by atoms with E-state index in [4.69, 9.17) is 4.52 Å². The molecule has 1 aromatic rings. The number of hydrogen-bond donors (Lipinski definition) is 1. The van der Waals surface area contributed by atoms with Crippen LogP contribution >= 0.6 is 0 Å². The predicted octanol–water partition coefficient (Wildman–Crippen LogP) is 0.987. The number of rotatable bonds is 3. The molecule has 1 amide bonds. The van der Waals surface area contributed by atoms with Crippen molar-refractivity contribution < 1.29 is 9.32 Å². The summed E-state index contributed by atoms with van der Waals surface area (Å²) in [5, 5.41) is 6.18. The maximum Gasteiger partial charge on any atom is 0.273 e. The van der Waals surface area contributed by atoms with E-state index in [9.17, 15) is 4.79 Å². The van der Waals surface area contributed by atoms with Crippen molar-refractivity contribution in [3.05, 3.63) is 17.5 Å². The normalized spacial score (nSPS) is 15.8. The molecule has 70 valence electrons. The lowest BCUT2D eigenvalue weighted by Gasteiger charge is -1.89. The fraction of sp³-hybridized carbons (Fsp3) is 0.556. The van der Waals surface area contributed by atoms with Gasteiger partial charge in [-0.25, -0.2) is 0 Å². The van der Waals surface area contributed by atoms with Crippen LogP contribution in [-0.4, -0.2) is 18.1 Å². The van der Waals surface area contributed by atoms with E-state index in [1.807, 2.05) is 0 Å². The number of nitrogens with zero attached hydrogens (tertiary/aromatic N) is 1. The number of hydrogen-bond acceptors (Lipinski definition) is 3. The Hall–Kier alpha value is -1.32. The van der Waals surface area contributed by atoms with E-state index in [2.05, 4.69) is 10.5 Å². The van der Waals surface area contributed by atoms with Crippen molar-refractivity contribution in [3.63, 3.8) is 0 Å². The summed E-state index contributed by atoms with van der Waals surface area (Å²) in [4.78, 5) is 11.1. The standard InChI is InChI=1S/C9H12N2O2/c1-10-9(12)8-5-7(13-11-8)4-6-2-3-6/h5-6H,2-4H2,1H3,(H,10,12). The second kappa shape index (κ2) is 3.20. The van der Waals surface area contributed by atoms with E-state index in [0.29, 0.717) is 5.69 Å². The number of amides is 1. The van der Waals surface area contributed by atoms with Crippen molar-refractivity contribution in [2.45, 2.75) is 19.3 Å². The van der Waals surface area contributed by atoms with Crippen LogP contribution < -0.4 is 5.32 Å². The monoisotopic (exact) mass is 180 g/mol. The Morgan fingerprint density at radius 2 is 2.54 bits per heavy atom. The molecule has 0 atom stereocenters. The van der Waals surface area contributed by atoms with Crippen LogP contribution in [0.4, 0.5) is 0 Å². The summed E-state index contributed by atoms with van der Waals surface area (Å²) in [5.74, 6) is 1.39. The highest BCUT2D eigenvalue weighted by molar-refractivity contribution is 5.91. The van der Waals surface area contributed by atoms with E-state index in [1.165, 1.54) is 12.8 Å². The first kappa shape index (κ1) is 8.29. The van der Waals surface area contributed by atoms with Crippen molar-refractivity contribution >= 4 is 5.91 Å². The molecular weight excluding hydrogens is 168 g/mol. The molecule has 0 bridgehead atoms. The molecule has 0 spiro atoms. The highest BCUT2D eigenvalue weighted by Gasteiger charge is 2.24. The first-order valence-electron chi connectivity index (χ1n) is 4.47. The number of aromatic nitrogens is 1. The Bertz CT molecular complexity index is 315. The summed E-state index contributed by atoms with van der Waals surface area (Å²) < 4.78 is 5.03. The lowest BCUT2D eigenvalue weighted by atomic mass is 10.2. The van der Waals surface area contributed by atoms with Crippen LogP contribution in [0.1, 0.15) is 29.1 Å². The van der Waals surface area contributed by atoms with Crippen LogP contribution in [0, 0.1) is 5.92 Å². The summed E-state index contributed by atoms with van der Waals surface area (Å²) >= 11 is 0. The smallest absolute Gasteiger partial charge is 0.273 e. The van der Waals surface area contributed by atoms with Gasteiger partial charge in [-0.2, -0.15) is 0 Å². The van der Waals surface area contributed by atoms with Gasteiger partial charge in [-0.3, -0.25) is 4.79 Å². The zero-order chi connectivity index (χ0) is 9.26. The molecule has 13 heavy (non-hydrogen) atoms. The Kier molecular flexibility index (Phi) is 2.04.